The summed E-state index contributed by atoms with van der Waals surface area (Å²) >= 11 is 0. The van der Waals surface area contributed by atoms with Crippen LogP contribution >= 0.6 is 0 Å². The van der Waals surface area contributed by atoms with E-state index in [9.17, 15) is 4.79 Å². The Hall–Kier alpha value is -1.09. The van der Waals surface area contributed by atoms with Crippen molar-refractivity contribution in [3.8, 4) is 0 Å². The SMILES string of the molecule is C=CCN(CC=C)C(=O)C1(C)CCCN1. The van der Waals surface area contributed by atoms with Gasteiger partial charge in [-0.1, -0.05) is 12.2 Å². The van der Waals surface area contributed by atoms with Crippen LogP contribution < -0.4 is 5.32 Å². The number of nitrogens with zero attached hydrogens (tertiary/aromatic N) is 1. The summed E-state index contributed by atoms with van der Waals surface area (Å²) in [4.78, 5) is 14.0. The Balaban J connectivity index is 2.69. The fourth-order valence-corrected chi connectivity index (χ4v) is 1.98. The van der Waals surface area contributed by atoms with E-state index in [1.807, 2.05) is 6.92 Å². The van der Waals surface area contributed by atoms with Gasteiger partial charge in [-0.05, 0) is 26.3 Å². The van der Waals surface area contributed by atoms with Gasteiger partial charge in [0.05, 0.1) is 5.54 Å². The quantitative estimate of drug-likeness (QED) is 0.691. The lowest BCUT2D eigenvalue weighted by Gasteiger charge is -2.30. The smallest absolute Gasteiger partial charge is 0.243 e. The number of rotatable bonds is 5. The van der Waals surface area contributed by atoms with Crippen LogP contribution in [0.4, 0.5) is 0 Å². The van der Waals surface area contributed by atoms with Crippen molar-refractivity contribution >= 4 is 5.91 Å². The van der Waals surface area contributed by atoms with Crippen molar-refractivity contribution in [2.75, 3.05) is 19.6 Å². The lowest BCUT2D eigenvalue weighted by atomic mass is 9.98. The number of hydrogen-bond donors (Lipinski definition) is 1. The highest BCUT2D eigenvalue weighted by Gasteiger charge is 2.38. The van der Waals surface area contributed by atoms with Gasteiger partial charge in [0.25, 0.3) is 0 Å². The van der Waals surface area contributed by atoms with Crippen LogP contribution in [0.5, 0.6) is 0 Å². The molecule has 1 saturated heterocycles. The molecule has 1 rings (SSSR count). The zero-order valence-electron chi connectivity index (χ0n) is 9.46. The summed E-state index contributed by atoms with van der Waals surface area (Å²) in [5.41, 5.74) is -0.383. The molecule has 3 nitrogen and oxygen atoms in total. The molecule has 0 aromatic rings. The van der Waals surface area contributed by atoms with Crippen LogP contribution in [0, 0.1) is 0 Å². The maximum atomic E-state index is 12.2. The first-order valence-electron chi connectivity index (χ1n) is 5.40. The van der Waals surface area contributed by atoms with Crippen LogP contribution in [-0.2, 0) is 4.79 Å². The van der Waals surface area contributed by atoms with E-state index in [1.165, 1.54) is 0 Å². The minimum absolute atomic E-state index is 0.153. The summed E-state index contributed by atoms with van der Waals surface area (Å²) in [7, 11) is 0. The van der Waals surface area contributed by atoms with Gasteiger partial charge in [-0.2, -0.15) is 0 Å². The first-order valence-corrected chi connectivity index (χ1v) is 5.40. The van der Waals surface area contributed by atoms with Crippen LogP contribution in [-0.4, -0.2) is 36.0 Å². The molecule has 1 amide bonds. The Morgan fingerprint density at radius 2 is 2.07 bits per heavy atom. The van der Waals surface area contributed by atoms with E-state index in [0.717, 1.165) is 19.4 Å². The lowest BCUT2D eigenvalue weighted by molar-refractivity contribution is -0.136. The van der Waals surface area contributed by atoms with E-state index in [4.69, 9.17) is 0 Å². The van der Waals surface area contributed by atoms with E-state index in [1.54, 1.807) is 17.1 Å². The highest BCUT2D eigenvalue weighted by Crippen LogP contribution is 2.21. The Morgan fingerprint density at radius 1 is 1.47 bits per heavy atom. The molecule has 1 heterocycles. The second-order valence-electron chi connectivity index (χ2n) is 4.15. The third-order valence-electron chi connectivity index (χ3n) is 2.83. The van der Waals surface area contributed by atoms with Crippen molar-refractivity contribution in [3.63, 3.8) is 0 Å². The third kappa shape index (κ3) is 2.69. The topological polar surface area (TPSA) is 32.3 Å². The minimum atomic E-state index is -0.383. The molecular weight excluding hydrogens is 188 g/mol. The van der Waals surface area contributed by atoms with Crippen LogP contribution in [0.3, 0.4) is 0 Å². The highest BCUT2D eigenvalue weighted by molar-refractivity contribution is 5.86. The standard InChI is InChI=1S/C12H20N2O/c1-4-9-14(10-5-2)11(15)12(3)7-6-8-13-12/h4-5,13H,1-2,6-10H2,3H3. The summed E-state index contributed by atoms with van der Waals surface area (Å²) in [5.74, 6) is 0.153. The molecule has 0 radical (unpaired) electrons. The molecule has 1 fully saturated rings. The second kappa shape index (κ2) is 5.12. The summed E-state index contributed by atoms with van der Waals surface area (Å²) in [6.07, 6.45) is 5.48. The average Bonchev–Trinajstić information content (AvgIpc) is 2.65. The normalized spacial score (nSPS) is 24.9. The van der Waals surface area contributed by atoms with Crippen molar-refractivity contribution < 1.29 is 4.79 Å². The molecule has 0 spiro atoms. The van der Waals surface area contributed by atoms with E-state index < -0.39 is 0 Å². The van der Waals surface area contributed by atoms with Crippen LogP contribution in [0.25, 0.3) is 0 Å². The number of hydrogen-bond acceptors (Lipinski definition) is 2. The summed E-state index contributed by atoms with van der Waals surface area (Å²) < 4.78 is 0. The van der Waals surface area contributed by atoms with Gasteiger partial charge in [-0.15, -0.1) is 13.2 Å². The van der Waals surface area contributed by atoms with Gasteiger partial charge in [0.15, 0.2) is 0 Å². The van der Waals surface area contributed by atoms with Gasteiger partial charge in [0.2, 0.25) is 5.91 Å². The maximum absolute atomic E-state index is 12.2. The Kier molecular flexibility index (Phi) is 4.09. The zero-order chi connectivity index (χ0) is 11.3. The number of carbonyl (C=O) groups excluding carboxylic acids is 1. The molecule has 1 aliphatic rings. The molecule has 0 bridgehead atoms. The van der Waals surface area contributed by atoms with Crippen molar-refractivity contribution in [1.82, 2.24) is 10.2 Å². The molecular formula is C12H20N2O. The van der Waals surface area contributed by atoms with Crippen LogP contribution in [0.15, 0.2) is 25.3 Å². The van der Waals surface area contributed by atoms with Gasteiger partial charge in [0, 0.05) is 13.1 Å². The molecule has 3 heteroatoms. The van der Waals surface area contributed by atoms with Gasteiger partial charge >= 0.3 is 0 Å². The zero-order valence-corrected chi connectivity index (χ0v) is 9.46. The first kappa shape index (κ1) is 12.0. The van der Waals surface area contributed by atoms with Gasteiger partial charge in [-0.25, -0.2) is 0 Å². The molecule has 84 valence electrons. The molecule has 0 aromatic heterocycles. The van der Waals surface area contributed by atoms with Crippen LogP contribution in [0.1, 0.15) is 19.8 Å². The highest BCUT2D eigenvalue weighted by atomic mass is 16.2. The van der Waals surface area contributed by atoms with Crippen molar-refractivity contribution in [2.45, 2.75) is 25.3 Å². The molecule has 0 saturated carbocycles. The molecule has 1 unspecified atom stereocenters. The predicted molar refractivity (Wildman–Crippen MR) is 62.6 cm³/mol. The van der Waals surface area contributed by atoms with Crippen molar-refractivity contribution in [1.29, 1.82) is 0 Å². The van der Waals surface area contributed by atoms with Crippen LogP contribution in [0.2, 0.25) is 0 Å². The van der Waals surface area contributed by atoms with Crippen molar-refractivity contribution in [2.24, 2.45) is 0 Å². The fraction of sp³-hybridized carbons (Fsp3) is 0.583. The Morgan fingerprint density at radius 3 is 2.47 bits per heavy atom. The molecule has 0 aromatic carbocycles. The monoisotopic (exact) mass is 208 g/mol. The molecule has 1 N–H and O–H groups in total. The molecule has 1 aliphatic heterocycles. The predicted octanol–water partition coefficient (Wildman–Crippen LogP) is 1.33. The van der Waals surface area contributed by atoms with Gasteiger partial charge in [-0.3, -0.25) is 4.79 Å². The van der Waals surface area contributed by atoms with E-state index in [0.29, 0.717) is 13.1 Å². The summed E-state index contributed by atoms with van der Waals surface area (Å²) in [6, 6.07) is 0. The second-order valence-corrected chi connectivity index (χ2v) is 4.15. The lowest BCUT2D eigenvalue weighted by Crippen LogP contribution is -2.52. The van der Waals surface area contributed by atoms with Gasteiger partial charge in [0.1, 0.15) is 0 Å². The van der Waals surface area contributed by atoms with E-state index in [2.05, 4.69) is 18.5 Å². The number of carbonyl (C=O) groups is 1. The maximum Gasteiger partial charge on any atom is 0.243 e. The minimum Gasteiger partial charge on any atom is -0.334 e. The Bertz CT molecular complexity index is 244. The third-order valence-corrected chi connectivity index (χ3v) is 2.83. The largest absolute Gasteiger partial charge is 0.334 e. The van der Waals surface area contributed by atoms with Crippen molar-refractivity contribution in [3.05, 3.63) is 25.3 Å². The first-order chi connectivity index (χ1) is 7.14. The molecule has 0 aliphatic carbocycles. The number of amides is 1. The van der Waals surface area contributed by atoms with Gasteiger partial charge < -0.3 is 10.2 Å². The number of nitrogens with one attached hydrogen (secondary N) is 1. The fourth-order valence-electron chi connectivity index (χ4n) is 1.98. The molecule has 1 atom stereocenters. The summed E-state index contributed by atoms with van der Waals surface area (Å²) in [6.45, 7) is 11.4. The summed E-state index contributed by atoms with van der Waals surface area (Å²) in [5, 5.41) is 3.27. The average molecular weight is 208 g/mol. The van der Waals surface area contributed by atoms with E-state index >= 15 is 0 Å². The molecule has 15 heavy (non-hydrogen) atoms. The van der Waals surface area contributed by atoms with E-state index in [-0.39, 0.29) is 11.4 Å². The Labute approximate surface area is 91.8 Å².